The van der Waals surface area contributed by atoms with E-state index in [9.17, 15) is 19.5 Å². The van der Waals surface area contributed by atoms with Crippen LogP contribution in [-0.4, -0.2) is 54.0 Å². The molecule has 2 aliphatic rings. The second-order valence-electron chi connectivity index (χ2n) is 14.6. The number of hydrogen-bond acceptors (Lipinski definition) is 5. The fourth-order valence-corrected chi connectivity index (χ4v) is 6.81. The van der Waals surface area contributed by atoms with Gasteiger partial charge < -0.3 is 25.2 Å². The minimum absolute atomic E-state index is 0.0493. The van der Waals surface area contributed by atoms with Crippen molar-refractivity contribution in [3.05, 3.63) is 35.9 Å². The van der Waals surface area contributed by atoms with Gasteiger partial charge >= 0.3 is 5.97 Å². The Kier molecular flexibility index (Phi) is 14.8. The molecule has 1 aliphatic carbocycles. The van der Waals surface area contributed by atoms with Gasteiger partial charge in [-0.15, -0.1) is 0 Å². The summed E-state index contributed by atoms with van der Waals surface area (Å²) in [6.07, 6.45) is 13.7. The van der Waals surface area contributed by atoms with Crippen LogP contribution >= 0.6 is 0 Å². The molecule has 3 unspecified atom stereocenters. The average molecular weight is 629 g/mol. The lowest BCUT2D eigenvalue weighted by atomic mass is 9.77. The van der Waals surface area contributed by atoms with E-state index in [0.29, 0.717) is 19.4 Å². The van der Waals surface area contributed by atoms with Crippen LogP contribution in [0.5, 0.6) is 0 Å². The number of nitrogens with one attached hydrogen (secondary N) is 2. The molecule has 1 aromatic rings. The Labute approximate surface area is 271 Å². The molecule has 1 saturated heterocycles. The van der Waals surface area contributed by atoms with Gasteiger partial charge in [0, 0.05) is 23.9 Å². The largest absolute Gasteiger partial charge is 0.481 e. The molecule has 2 amide bonds. The summed E-state index contributed by atoms with van der Waals surface area (Å²) in [6.45, 7) is 10.1. The van der Waals surface area contributed by atoms with E-state index in [2.05, 4.69) is 29.7 Å². The first-order valence-corrected chi connectivity index (χ1v) is 17.6. The summed E-state index contributed by atoms with van der Waals surface area (Å²) in [7, 11) is 0. The summed E-state index contributed by atoms with van der Waals surface area (Å²) >= 11 is 0. The number of aliphatic carboxylic acids is 1. The molecule has 3 atom stereocenters. The highest BCUT2D eigenvalue weighted by Gasteiger charge is 2.46. The smallest absolute Gasteiger partial charge is 0.308 e. The van der Waals surface area contributed by atoms with E-state index in [1.165, 1.54) is 50.5 Å². The Balaban J connectivity index is 1.49. The number of carboxylic acids is 1. The maximum atomic E-state index is 13.5. The molecule has 8 nitrogen and oxygen atoms in total. The van der Waals surface area contributed by atoms with Gasteiger partial charge in [0.05, 0.1) is 12.5 Å². The Hall–Kier alpha value is -2.45. The third kappa shape index (κ3) is 12.3. The zero-order chi connectivity index (χ0) is 32.9. The summed E-state index contributed by atoms with van der Waals surface area (Å²) in [5, 5.41) is 16.3. The van der Waals surface area contributed by atoms with Crippen LogP contribution < -0.4 is 10.6 Å². The van der Waals surface area contributed by atoms with Crippen molar-refractivity contribution in [2.75, 3.05) is 13.2 Å². The molecule has 0 aromatic heterocycles. The number of hydrogen-bond donors (Lipinski definition) is 3. The van der Waals surface area contributed by atoms with Gasteiger partial charge in [0.15, 0.2) is 5.79 Å². The normalized spacial score (nSPS) is 23.9. The van der Waals surface area contributed by atoms with Crippen LogP contribution in [0, 0.1) is 23.2 Å². The number of rotatable bonds is 18. The van der Waals surface area contributed by atoms with Crippen LogP contribution in [0.4, 0.5) is 0 Å². The Bertz CT molecular complexity index is 1050. The van der Waals surface area contributed by atoms with Gasteiger partial charge in [0.25, 0.3) is 0 Å². The summed E-state index contributed by atoms with van der Waals surface area (Å²) in [5.41, 5.74) is 0.659. The molecule has 0 radical (unpaired) electrons. The summed E-state index contributed by atoms with van der Waals surface area (Å²) in [4.78, 5) is 38.9. The number of benzene rings is 1. The van der Waals surface area contributed by atoms with E-state index in [-0.39, 0.29) is 36.2 Å². The lowest BCUT2D eigenvalue weighted by Gasteiger charge is -2.44. The topological polar surface area (TPSA) is 114 Å². The molecule has 45 heavy (non-hydrogen) atoms. The number of unbranched alkanes of at least 4 members (excludes halogenated alkanes) is 7. The van der Waals surface area contributed by atoms with Crippen LogP contribution in [0.2, 0.25) is 0 Å². The number of carboxylic acid groups (broad SMARTS) is 1. The molecule has 0 bridgehead atoms. The molecule has 1 aromatic carbocycles. The molecule has 0 spiro atoms. The predicted molar refractivity (Wildman–Crippen MR) is 178 cm³/mol. The van der Waals surface area contributed by atoms with Crippen molar-refractivity contribution >= 4 is 17.8 Å². The fourth-order valence-electron chi connectivity index (χ4n) is 6.81. The first-order chi connectivity index (χ1) is 21.4. The van der Waals surface area contributed by atoms with E-state index in [0.717, 1.165) is 32.1 Å². The minimum atomic E-state index is -0.899. The zero-order valence-electron chi connectivity index (χ0n) is 28.6. The van der Waals surface area contributed by atoms with Crippen molar-refractivity contribution in [2.24, 2.45) is 23.2 Å². The van der Waals surface area contributed by atoms with Gasteiger partial charge in [-0.1, -0.05) is 102 Å². The van der Waals surface area contributed by atoms with Crippen LogP contribution in [0.3, 0.4) is 0 Å². The van der Waals surface area contributed by atoms with Gasteiger partial charge in [-0.3, -0.25) is 14.4 Å². The molecular formula is C37H60N2O6. The van der Waals surface area contributed by atoms with Crippen molar-refractivity contribution in [2.45, 2.75) is 142 Å². The molecule has 1 saturated carbocycles. The van der Waals surface area contributed by atoms with Crippen LogP contribution in [0.1, 0.15) is 124 Å². The Morgan fingerprint density at radius 3 is 2.16 bits per heavy atom. The van der Waals surface area contributed by atoms with Crippen LogP contribution in [0.25, 0.3) is 0 Å². The van der Waals surface area contributed by atoms with E-state index in [1.807, 2.05) is 32.0 Å². The maximum absolute atomic E-state index is 13.5. The van der Waals surface area contributed by atoms with Gasteiger partial charge in [-0.05, 0) is 63.9 Å². The molecule has 1 heterocycles. The highest BCUT2D eigenvalue weighted by Crippen LogP contribution is 2.35. The summed E-state index contributed by atoms with van der Waals surface area (Å²) in [6, 6.07) is 10.3. The maximum Gasteiger partial charge on any atom is 0.308 e. The first-order valence-electron chi connectivity index (χ1n) is 17.6. The number of carbonyl (C=O) groups is 3. The lowest BCUT2D eigenvalue weighted by molar-refractivity contribution is -0.304. The second kappa shape index (κ2) is 18.0. The van der Waals surface area contributed by atoms with Gasteiger partial charge in [0.1, 0.15) is 6.10 Å². The minimum Gasteiger partial charge on any atom is -0.481 e. The SMILES string of the molecule is CCCCCCCCCCC(Cc1ccccc1)C(=O)NC1CCC(C(CNC(=O)C2OC(C)(C)OCC2(C)C)C(=O)O)CC1. The van der Waals surface area contributed by atoms with Crippen molar-refractivity contribution in [3.63, 3.8) is 0 Å². The van der Waals surface area contributed by atoms with Gasteiger partial charge in [-0.2, -0.15) is 0 Å². The first kappa shape index (κ1) is 37.0. The number of amides is 2. The Morgan fingerprint density at radius 2 is 1.53 bits per heavy atom. The van der Waals surface area contributed by atoms with Crippen molar-refractivity contribution in [1.29, 1.82) is 0 Å². The highest BCUT2D eigenvalue weighted by molar-refractivity contribution is 5.82. The van der Waals surface area contributed by atoms with Crippen LogP contribution in [-0.2, 0) is 30.3 Å². The third-order valence-electron chi connectivity index (χ3n) is 9.74. The molecular weight excluding hydrogens is 568 g/mol. The van der Waals surface area contributed by atoms with E-state index in [4.69, 9.17) is 9.47 Å². The summed E-state index contributed by atoms with van der Waals surface area (Å²) < 4.78 is 11.6. The van der Waals surface area contributed by atoms with Gasteiger partial charge in [-0.25, -0.2) is 0 Å². The van der Waals surface area contributed by atoms with Crippen molar-refractivity contribution in [3.8, 4) is 0 Å². The predicted octanol–water partition coefficient (Wildman–Crippen LogP) is 7.05. The third-order valence-corrected chi connectivity index (χ3v) is 9.74. The lowest BCUT2D eigenvalue weighted by Crippen LogP contribution is -2.57. The van der Waals surface area contributed by atoms with Crippen LogP contribution in [0.15, 0.2) is 30.3 Å². The number of carbonyl (C=O) groups excluding carboxylic acids is 2. The molecule has 3 N–H and O–H groups in total. The highest BCUT2D eigenvalue weighted by atomic mass is 16.7. The average Bonchev–Trinajstić information content (AvgIpc) is 3.00. The number of ether oxygens (including phenoxy) is 2. The standard InChI is InChI=1S/C37H60N2O6/c1-6-7-8-9-10-11-12-16-19-29(24-27-17-14-13-15-18-27)33(40)39-30-22-20-28(21-23-30)31(35(42)43)25-38-34(41)32-36(2,3)26-44-37(4,5)45-32/h13-15,17-18,28-32H,6-12,16,19-26H2,1-5H3,(H,38,41)(H,39,40)(H,42,43). The second-order valence-corrected chi connectivity index (χ2v) is 14.6. The summed E-state index contributed by atoms with van der Waals surface area (Å²) in [5.74, 6) is -2.76. The molecule has 1 aliphatic heterocycles. The molecule has 8 heteroatoms. The van der Waals surface area contributed by atoms with Crippen molar-refractivity contribution in [1.82, 2.24) is 10.6 Å². The monoisotopic (exact) mass is 628 g/mol. The molecule has 254 valence electrons. The van der Waals surface area contributed by atoms with E-state index < -0.39 is 29.2 Å². The quantitative estimate of drug-likeness (QED) is 0.150. The van der Waals surface area contributed by atoms with Gasteiger partial charge in [0.2, 0.25) is 11.8 Å². The zero-order valence-corrected chi connectivity index (χ0v) is 28.6. The van der Waals surface area contributed by atoms with E-state index in [1.54, 1.807) is 13.8 Å². The molecule has 3 rings (SSSR count). The Morgan fingerprint density at radius 1 is 0.911 bits per heavy atom. The molecule has 2 fully saturated rings. The fraction of sp³-hybridized carbons (Fsp3) is 0.757. The van der Waals surface area contributed by atoms with Crippen molar-refractivity contribution < 1.29 is 29.0 Å². The van der Waals surface area contributed by atoms with E-state index >= 15 is 0 Å².